The average molecular weight is 324 g/mol. The maximum Gasteiger partial charge on any atom is 0.194 e. The fourth-order valence-corrected chi connectivity index (χ4v) is 2.40. The van der Waals surface area contributed by atoms with Crippen LogP contribution >= 0.6 is 0 Å². The minimum absolute atomic E-state index is 0.00729. The Kier molecular flexibility index (Phi) is 4.66. The van der Waals surface area contributed by atoms with E-state index in [1.54, 1.807) is 24.3 Å². The van der Waals surface area contributed by atoms with Gasteiger partial charge in [0.25, 0.3) is 0 Å². The molecule has 1 saturated heterocycles. The van der Waals surface area contributed by atoms with Gasteiger partial charge in [0.1, 0.15) is 0 Å². The Balaban J connectivity index is 1.77. The summed E-state index contributed by atoms with van der Waals surface area (Å²) in [6.45, 7) is 0.807. The molecule has 3 rings (SSSR count). The van der Waals surface area contributed by atoms with Gasteiger partial charge >= 0.3 is 0 Å². The number of aliphatic hydroxyl groups excluding tert-OH is 1. The molecule has 0 bridgehead atoms. The summed E-state index contributed by atoms with van der Waals surface area (Å²) in [5.74, 6) is -3.96. The van der Waals surface area contributed by atoms with Gasteiger partial charge in [-0.1, -0.05) is 24.3 Å². The lowest BCUT2D eigenvalue weighted by atomic mass is 10.0. The van der Waals surface area contributed by atoms with Crippen LogP contribution in [0.25, 0.3) is 11.1 Å². The zero-order valence-electron chi connectivity index (χ0n) is 12.1. The van der Waals surface area contributed by atoms with Gasteiger partial charge < -0.3 is 14.6 Å². The van der Waals surface area contributed by atoms with Gasteiger partial charge in [0.15, 0.2) is 23.7 Å². The monoisotopic (exact) mass is 324 g/mol. The van der Waals surface area contributed by atoms with Crippen molar-refractivity contribution < 1.29 is 27.8 Å². The fraction of sp³-hybridized carbons (Fsp3) is 0.294. The van der Waals surface area contributed by atoms with Crippen molar-refractivity contribution in [2.45, 2.75) is 6.29 Å². The van der Waals surface area contributed by atoms with Crippen molar-refractivity contribution in [2.24, 2.45) is 5.92 Å². The Morgan fingerprint density at radius 2 is 1.48 bits per heavy atom. The summed E-state index contributed by atoms with van der Waals surface area (Å²) in [5, 5.41) is 9.03. The third kappa shape index (κ3) is 3.39. The summed E-state index contributed by atoms with van der Waals surface area (Å²) >= 11 is 0. The molecule has 23 heavy (non-hydrogen) atoms. The van der Waals surface area contributed by atoms with Crippen molar-refractivity contribution in [3.63, 3.8) is 0 Å². The minimum atomic E-state index is -1.48. The number of hydrogen-bond acceptors (Lipinski definition) is 3. The molecule has 1 aliphatic heterocycles. The molecular weight excluding hydrogens is 309 g/mol. The first kappa shape index (κ1) is 16.0. The van der Waals surface area contributed by atoms with Gasteiger partial charge in [-0.2, -0.15) is 0 Å². The van der Waals surface area contributed by atoms with Crippen molar-refractivity contribution in [1.29, 1.82) is 0 Å². The Hall–Kier alpha value is -1.89. The fourth-order valence-electron chi connectivity index (χ4n) is 2.40. The lowest BCUT2D eigenvalue weighted by molar-refractivity contribution is -0.209. The maximum absolute atomic E-state index is 13.3. The van der Waals surface area contributed by atoms with Crippen LogP contribution in [0.1, 0.15) is 11.9 Å². The number of aliphatic hydroxyl groups is 1. The predicted octanol–water partition coefficient (Wildman–Crippen LogP) is 3.42. The van der Waals surface area contributed by atoms with Crippen molar-refractivity contribution in [2.75, 3.05) is 19.8 Å². The maximum atomic E-state index is 13.3. The predicted molar refractivity (Wildman–Crippen MR) is 77.0 cm³/mol. The quantitative estimate of drug-likeness (QED) is 0.879. The topological polar surface area (TPSA) is 38.7 Å². The summed E-state index contributed by atoms with van der Waals surface area (Å²) < 4.78 is 50.6. The molecule has 3 nitrogen and oxygen atoms in total. The van der Waals surface area contributed by atoms with Gasteiger partial charge in [0.05, 0.1) is 19.8 Å². The van der Waals surface area contributed by atoms with Crippen LogP contribution in [0.5, 0.6) is 0 Å². The summed E-state index contributed by atoms with van der Waals surface area (Å²) in [6.07, 6.45) is -0.534. The Morgan fingerprint density at radius 3 is 2.00 bits per heavy atom. The lowest BCUT2D eigenvalue weighted by Crippen LogP contribution is -2.29. The van der Waals surface area contributed by atoms with E-state index in [1.165, 1.54) is 0 Å². The molecule has 0 unspecified atom stereocenters. The van der Waals surface area contributed by atoms with E-state index in [9.17, 15) is 13.2 Å². The molecule has 0 aliphatic carbocycles. The largest absolute Gasteiger partial charge is 0.396 e. The average Bonchev–Trinajstić information content (AvgIpc) is 2.59. The Labute approximate surface area is 131 Å². The second-order valence-electron chi connectivity index (χ2n) is 5.42. The van der Waals surface area contributed by atoms with Crippen LogP contribution in [0.15, 0.2) is 36.4 Å². The van der Waals surface area contributed by atoms with E-state index in [4.69, 9.17) is 14.6 Å². The second-order valence-corrected chi connectivity index (χ2v) is 5.42. The van der Waals surface area contributed by atoms with Gasteiger partial charge in [-0.3, -0.25) is 0 Å². The molecule has 0 amide bonds. The van der Waals surface area contributed by atoms with Gasteiger partial charge in [0, 0.05) is 11.5 Å². The highest BCUT2D eigenvalue weighted by Gasteiger charge is 2.23. The number of halogens is 3. The SMILES string of the molecule is OCC1COC(c2ccc(-c3cc(F)c(F)c(F)c3)cc2)OC1. The molecule has 0 aromatic heterocycles. The molecule has 1 N–H and O–H groups in total. The van der Waals surface area contributed by atoms with Crippen molar-refractivity contribution >= 4 is 0 Å². The van der Waals surface area contributed by atoms with E-state index in [0.29, 0.717) is 18.8 Å². The molecule has 122 valence electrons. The smallest absolute Gasteiger partial charge is 0.194 e. The highest BCUT2D eigenvalue weighted by atomic mass is 19.2. The molecule has 2 aromatic carbocycles. The van der Waals surface area contributed by atoms with Crippen molar-refractivity contribution in [3.8, 4) is 11.1 Å². The Bertz CT molecular complexity index is 657. The van der Waals surface area contributed by atoms with E-state index in [0.717, 1.165) is 17.7 Å². The molecule has 1 aliphatic rings. The van der Waals surface area contributed by atoms with Crippen molar-refractivity contribution in [3.05, 3.63) is 59.4 Å². The van der Waals surface area contributed by atoms with Crippen LogP contribution in [0, 0.1) is 23.4 Å². The van der Waals surface area contributed by atoms with E-state index in [-0.39, 0.29) is 18.1 Å². The summed E-state index contributed by atoms with van der Waals surface area (Å²) in [5.41, 5.74) is 1.56. The van der Waals surface area contributed by atoms with Gasteiger partial charge in [0.2, 0.25) is 0 Å². The minimum Gasteiger partial charge on any atom is -0.396 e. The molecule has 6 heteroatoms. The van der Waals surface area contributed by atoms with E-state index in [2.05, 4.69) is 0 Å². The molecule has 1 fully saturated rings. The van der Waals surface area contributed by atoms with Crippen LogP contribution < -0.4 is 0 Å². The van der Waals surface area contributed by atoms with Crippen LogP contribution in [0.4, 0.5) is 13.2 Å². The van der Waals surface area contributed by atoms with Crippen LogP contribution in [0.2, 0.25) is 0 Å². The number of rotatable bonds is 3. The van der Waals surface area contributed by atoms with Gasteiger partial charge in [-0.05, 0) is 23.3 Å². The van der Waals surface area contributed by atoms with Crippen molar-refractivity contribution in [1.82, 2.24) is 0 Å². The van der Waals surface area contributed by atoms with E-state index in [1.807, 2.05) is 0 Å². The zero-order valence-corrected chi connectivity index (χ0v) is 12.1. The first-order valence-electron chi connectivity index (χ1n) is 7.17. The second kappa shape index (κ2) is 6.70. The van der Waals surface area contributed by atoms with Gasteiger partial charge in [-0.15, -0.1) is 0 Å². The van der Waals surface area contributed by atoms with Crippen LogP contribution in [-0.2, 0) is 9.47 Å². The summed E-state index contributed by atoms with van der Waals surface area (Å²) in [6, 6.07) is 8.66. The normalized spacial score (nSPS) is 21.4. The number of ether oxygens (including phenoxy) is 2. The van der Waals surface area contributed by atoms with Gasteiger partial charge in [-0.25, -0.2) is 13.2 Å². The van der Waals surface area contributed by atoms with Crippen LogP contribution in [-0.4, -0.2) is 24.9 Å². The Morgan fingerprint density at radius 1 is 0.913 bits per heavy atom. The van der Waals surface area contributed by atoms with Crippen LogP contribution in [0.3, 0.4) is 0 Å². The summed E-state index contributed by atoms with van der Waals surface area (Å²) in [7, 11) is 0. The molecule has 0 atom stereocenters. The number of benzene rings is 2. The molecule has 2 aromatic rings. The highest BCUT2D eigenvalue weighted by Crippen LogP contribution is 2.28. The first-order chi connectivity index (χ1) is 11.1. The third-order valence-corrected chi connectivity index (χ3v) is 3.72. The first-order valence-corrected chi connectivity index (χ1v) is 7.17. The molecule has 0 spiro atoms. The third-order valence-electron chi connectivity index (χ3n) is 3.72. The lowest BCUT2D eigenvalue weighted by Gasteiger charge is -2.28. The molecule has 0 radical (unpaired) electrons. The summed E-state index contributed by atoms with van der Waals surface area (Å²) in [4.78, 5) is 0. The van der Waals surface area contributed by atoms with E-state index >= 15 is 0 Å². The molecule has 1 heterocycles. The van der Waals surface area contributed by atoms with E-state index < -0.39 is 23.7 Å². The number of hydrogen-bond donors (Lipinski definition) is 1. The zero-order chi connectivity index (χ0) is 16.4. The standard InChI is InChI=1S/C17H15F3O3/c18-14-5-13(6-15(19)16(14)20)11-1-3-12(4-2-11)17-22-8-10(7-21)9-23-17/h1-6,10,17,21H,7-9H2. The highest BCUT2D eigenvalue weighted by molar-refractivity contribution is 5.64. The molecular formula is C17H15F3O3. The molecule has 0 saturated carbocycles.